The van der Waals surface area contributed by atoms with Gasteiger partial charge in [0.05, 0.1) is 23.7 Å². The zero-order valence-electron chi connectivity index (χ0n) is 21.4. The molecule has 1 fully saturated rings. The van der Waals surface area contributed by atoms with E-state index in [0.717, 1.165) is 29.9 Å². The number of ketones is 1. The Morgan fingerprint density at radius 1 is 1.16 bits per heavy atom. The van der Waals surface area contributed by atoms with Gasteiger partial charge in [-0.05, 0) is 43.4 Å². The molecule has 5 rings (SSSR count). The van der Waals surface area contributed by atoms with E-state index in [1.165, 1.54) is 12.1 Å². The van der Waals surface area contributed by atoms with Crippen molar-refractivity contribution >= 4 is 17.4 Å². The van der Waals surface area contributed by atoms with E-state index in [1.807, 2.05) is 24.3 Å². The standard InChI is InChI=1S/C29H30N2O7/c1-17-26(29(33)38-16-21-6-5-13-37-21)27(18-9-11-20(12-10-18)31(34)35)28-23(30-17)14-19(15-24(28)32)22-7-3-4-8-25(22)36-2/h3-4,7-12,19,21,27,30H,5-6,13-16H2,1-2H3/t19-,21+,27-/m1/s1. The van der Waals surface area contributed by atoms with Gasteiger partial charge in [0.25, 0.3) is 5.69 Å². The monoisotopic (exact) mass is 518 g/mol. The van der Waals surface area contributed by atoms with Gasteiger partial charge >= 0.3 is 5.97 Å². The Labute approximate surface area is 220 Å². The SMILES string of the molecule is COc1ccccc1[C@H]1CC(=O)C2=C(C1)NC(C)=C(C(=O)OC[C@@H]1CCCO1)[C@H]2c1ccc([N+](=O)[O-])cc1. The molecule has 0 radical (unpaired) electrons. The van der Waals surface area contributed by atoms with Gasteiger partial charge < -0.3 is 19.5 Å². The predicted molar refractivity (Wildman–Crippen MR) is 139 cm³/mol. The number of carbonyl (C=O) groups is 2. The second-order valence-electron chi connectivity index (χ2n) is 9.84. The van der Waals surface area contributed by atoms with Crippen molar-refractivity contribution in [3.8, 4) is 5.75 Å². The minimum atomic E-state index is -0.699. The molecule has 9 nitrogen and oxygen atoms in total. The summed E-state index contributed by atoms with van der Waals surface area (Å²) in [5.41, 5.74) is 3.68. The van der Waals surface area contributed by atoms with Crippen molar-refractivity contribution in [1.29, 1.82) is 0 Å². The summed E-state index contributed by atoms with van der Waals surface area (Å²) < 4.78 is 16.8. The molecule has 0 unspecified atom stereocenters. The average Bonchev–Trinajstić information content (AvgIpc) is 3.44. The number of Topliss-reactive ketones (excluding diaryl/α,β-unsaturated/α-hetero) is 1. The minimum Gasteiger partial charge on any atom is -0.496 e. The second kappa shape index (κ2) is 10.8. The van der Waals surface area contributed by atoms with Crippen LogP contribution < -0.4 is 10.1 Å². The van der Waals surface area contributed by atoms with Crippen molar-refractivity contribution in [3.63, 3.8) is 0 Å². The van der Waals surface area contributed by atoms with Gasteiger partial charge in [-0.1, -0.05) is 30.3 Å². The second-order valence-corrected chi connectivity index (χ2v) is 9.84. The van der Waals surface area contributed by atoms with Gasteiger partial charge in [-0.15, -0.1) is 0 Å². The highest BCUT2D eigenvalue weighted by Crippen LogP contribution is 2.47. The molecule has 0 aromatic heterocycles. The molecule has 2 aliphatic heterocycles. The van der Waals surface area contributed by atoms with Crippen LogP contribution in [0.4, 0.5) is 5.69 Å². The average molecular weight is 519 g/mol. The van der Waals surface area contributed by atoms with E-state index >= 15 is 0 Å². The number of esters is 1. The van der Waals surface area contributed by atoms with Crippen LogP contribution in [0.25, 0.3) is 0 Å². The van der Waals surface area contributed by atoms with Gasteiger partial charge in [0.15, 0.2) is 5.78 Å². The van der Waals surface area contributed by atoms with Crippen LogP contribution in [0.1, 0.15) is 55.6 Å². The van der Waals surface area contributed by atoms with Crippen LogP contribution in [0.5, 0.6) is 5.75 Å². The summed E-state index contributed by atoms with van der Waals surface area (Å²) in [6.07, 6.45) is 2.42. The fourth-order valence-corrected chi connectivity index (χ4v) is 5.68. The van der Waals surface area contributed by atoms with E-state index < -0.39 is 16.8 Å². The maximum Gasteiger partial charge on any atom is 0.336 e. The Kier molecular flexibility index (Phi) is 7.28. The number of para-hydroxylation sites is 1. The first-order valence-electron chi connectivity index (χ1n) is 12.8. The van der Waals surface area contributed by atoms with Gasteiger partial charge in [-0.3, -0.25) is 14.9 Å². The maximum absolute atomic E-state index is 13.8. The number of rotatable bonds is 7. The Hall–Kier alpha value is -3.98. The van der Waals surface area contributed by atoms with E-state index in [4.69, 9.17) is 14.2 Å². The molecular formula is C29H30N2O7. The fraction of sp³-hybridized carbons (Fsp3) is 0.379. The van der Waals surface area contributed by atoms with Crippen molar-refractivity contribution in [1.82, 2.24) is 5.32 Å². The van der Waals surface area contributed by atoms with Gasteiger partial charge in [-0.2, -0.15) is 0 Å². The van der Waals surface area contributed by atoms with Crippen molar-refractivity contribution in [2.45, 2.75) is 50.5 Å². The number of carbonyl (C=O) groups excluding carboxylic acids is 2. The van der Waals surface area contributed by atoms with Crippen LogP contribution in [0.2, 0.25) is 0 Å². The molecule has 1 saturated heterocycles. The molecule has 0 spiro atoms. The number of nitro groups is 1. The lowest BCUT2D eigenvalue weighted by atomic mass is 9.71. The van der Waals surface area contributed by atoms with Crippen molar-refractivity contribution in [2.75, 3.05) is 20.3 Å². The fourth-order valence-electron chi connectivity index (χ4n) is 5.68. The number of dihydropyridines is 1. The summed E-state index contributed by atoms with van der Waals surface area (Å²) in [6, 6.07) is 13.7. The number of allylic oxidation sites excluding steroid dienone is 3. The van der Waals surface area contributed by atoms with Crippen molar-refractivity contribution in [2.24, 2.45) is 0 Å². The Bertz CT molecular complexity index is 1320. The molecule has 2 heterocycles. The third kappa shape index (κ3) is 4.93. The van der Waals surface area contributed by atoms with E-state index in [2.05, 4.69) is 5.32 Å². The maximum atomic E-state index is 13.8. The summed E-state index contributed by atoms with van der Waals surface area (Å²) in [7, 11) is 1.61. The molecule has 2 aromatic carbocycles. The number of hydrogen-bond acceptors (Lipinski definition) is 8. The molecule has 0 amide bonds. The van der Waals surface area contributed by atoms with Crippen molar-refractivity contribution < 1.29 is 28.7 Å². The molecule has 9 heteroatoms. The largest absolute Gasteiger partial charge is 0.496 e. The summed E-state index contributed by atoms with van der Waals surface area (Å²) in [4.78, 5) is 38.0. The van der Waals surface area contributed by atoms with Crippen LogP contribution in [0.15, 0.2) is 71.1 Å². The zero-order valence-corrected chi connectivity index (χ0v) is 21.4. The molecular weight excluding hydrogens is 488 g/mol. The van der Waals surface area contributed by atoms with Crippen LogP contribution in [-0.2, 0) is 19.1 Å². The Morgan fingerprint density at radius 2 is 1.92 bits per heavy atom. The Balaban J connectivity index is 1.52. The topological polar surface area (TPSA) is 117 Å². The summed E-state index contributed by atoms with van der Waals surface area (Å²) in [5, 5.41) is 14.6. The lowest BCUT2D eigenvalue weighted by Crippen LogP contribution is -2.36. The number of nitrogens with zero attached hydrogens (tertiary/aromatic N) is 1. The number of hydrogen-bond donors (Lipinski definition) is 1. The first kappa shape index (κ1) is 25.7. The van der Waals surface area contributed by atoms with E-state index in [0.29, 0.717) is 35.4 Å². The lowest BCUT2D eigenvalue weighted by Gasteiger charge is -2.37. The zero-order chi connectivity index (χ0) is 26.8. The molecule has 38 heavy (non-hydrogen) atoms. The van der Waals surface area contributed by atoms with Crippen LogP contribution in [-0.4, -0.2) is 43.1 Å². The predicted octanol–water partition coefficient (Wildman–Crippen LogP) is 4.69. The van der Waals surface area contributed by atoms with Gasteiger partial charge in [0.1, 0.15) is 12.4 Å². The number of methoxy groups -OCH3 is 1. The first-order chi connectivity index (χ1) is 18.4. The third-order valence-electron chi connectivity index (χ3n) is 7.49. The molecule has 2 aromatic rings. The van der Waals surface area contributed by atoms with Crippen LogP contribution >= 0.6 is 0 Å². The smallest absolute Gasteiger partial charge is 0.336 e. The van der Waals surface area contributed by atoms with Crippen LogP contribution in [0, 0.1) is 10.1 Å². The number of nitro benzene ring substituents is 1. The molecule has 1 N–H and O–H groups in total. The summed E-state index contributed by atoms with van der Waals surface area (Å²) in [6.45, 7) is 2.58. The molecule has 0 saturated carbocycles. The minimum absolute atomic E-state index is 0.0636. The van der Waals surface area contributed by atoms with Crippen molar-refractivity contribution in [3.05, 3.63) is 92.3 Å². The summed E-state index contributed by atoms with van der Waals surface area (Å²) in [5.74, 6) is -0.684. The highest BCUT2D eigenvalue weighted by molar-refractivity contribution is 6.04. The van der Waals surface area contributed by atoms with Gasteiger partial charge in [0.2, 0.25) is 0 Å². The first-order valence-corrected chi connectivity index (χ1v) is 12.8. The normalized spacial score (nSPS) is 23.1. The molecule has 3 aliphatic rings. The number of ether oxygens (including phenoxy) is 3. The number of non-ortho nitro benzene ring substituents is 1. The lowest BCUT2D eigenvalue weighted by molar-refractivity contribution is -0.384. The van der Waals surface area contributed by atoms with Gasteiger partial charge in [0, 0.05) is 54.0 Å². The molecule has 0 bridgehead atoms. The quantitative estimate of drug-likeness (QED) is 0.319. The molecule has 3 atom stereocenters. The van der Waals surface area contributed by atoms with E-state index in [1.54, 1.807) is 26.2 Å². The summed E-state index contributed by atoms with van der Waals surface area (Å²) >= 11 is 0. The van der Waals surface area contributed by atoms with E-state index in [9.17, 15) is 19.7 Å². The highest BCUT2D eigenvalue weighted by atomic mass is 16.6. The van der Waals surface area contributed by atoms with E-state index in [-0.39, 0.29) is 36.5 Å². The molecule has 1 aliphatic carbocycles. The molecule has 198 valence electrons. The highest BCUT2D eigenvalue weighted by Gasteiger charge is 2.42. The van der Waals surface area contributed by atoms with Crippen LogP contribution in [0.3, 0.4) is 0 Å². The number of benzene rings is 2. The Morgan fingerprint density at radius 3 is 2.61 bits per heavy atom. The number of nitrogens with one attached hydrogen (secondary N) is 1. The van der Waals surface area contributed by atoms with Gasteiger partial charge in [-0.25, -0.2) is 4.79 Å². The third-order valence-corrected chi connectivity index (χ3v) is 7.49.